The summed E-state index contributed by atoms with van der Waals surface area (Å²) < 4.78 is 28.5. The molecule has 0 aromatic carbocycles. The van der Waals surface area contributed by atoms with E-state index in [1.165, 1.54) is 103 Å². The topological polar surface area (TPSA) is 175 Å². The number of esters is 3. The second kappa shape index (κ2) is 56.4. The number of aliphatic hydroxyl groups excluding tert-OH is 2. The lowest BCUT2D eigenvalue weighted by molar-refractivity contribution is -0.301. The van der Waals surface area contributed by atoms with E-state index in [2.05, 4.69) is 106 Å². The van der Waals surface area contributed by atoms with Gasteiger partial charge in [0.2, 0.25) is 0 Å². The van der Waals surface area contributed by atoms with E-state index in [-0.39, 0.29) is 25.9 Å². The number of hydrogen-bond acceptors (Lipinski definition) is 11. The lowest BCUT2D eigenvalue weighted by Gasteiger charge is -2.40. The molecule has 0 radical (unpaired) electrons. The maximum absolute atomic E-state index is 13.2. The molecule has 0 bridgehead atoms. The highest BCUT2D eigenvalue weighted by molar-refractivity contribution is 5.74. The number of rotatable bonds is 55. The van der Waals surface area contributed by atoms with Gasteiger partial charge in [-0.05, 0) is 116 Å². The van der Waals surface area contributed by atoms with E-state index in [0.29, 0.717) is 19.3 Å². The molecule has 1 saturated heterocycles. The first kappa shape index (κ1) is 74.9. The van der Waals surface area contributed by atoms with Crippen molar-refractivity contribution in [3.8, 4) is 0 Å². The number of allylic oxidation sites excluding steroid dienone is 14. The average Bonchev–Trinajstić information content (AvgIpc) is 3.52. The molecule has 81 heavy (non-hydrogen) atoms. The van der Waals surface area contributed by atoms with Crippen molar-refractivity contribution in [1.29, 1.82) is 0 Å². The molecule has 0 saturated carbocycles. The maximum Gasteiger partial charge on any atom is 0.335 e. The Kier molecular flexibility index (Phi) is 52.1. The van der Waals surface area contributed by atoms with Crippen molar-refractivity contribution in [2.75, 3.05) is 13.2 Å². The highest BCUT2D eigenvalue weighted by Gasteiger charge is 2.50. The monoisotopic (exact) mass is 1140 g/mol. The summed E-state index contributed by atoms with van der Waals surface area (Å²) in [7, 11) is 0. The lowest BCUT2D eigenvalue weighted by atomic mass is 9.98. The Bertz CT molecular complexity index is 1730. The Hall–Kier alpha value is -4.10. The van der Waals surface area contributed by atoms with Crippen molar-refractivity contribution < 1.29 is 58.2 Å². The van der Waals surface area contributed by atoms with Crippen LogP contribution in [-0.2, 0) is 42.9 Å². The molecule has 0 amide bonds. The van der Waals surface area contributed by atoms with Crippen molar-refractivity contribution in [3.05, 3.63) is 85.1 Å². The molecule has 6 unspecified atom stereocenters. The summed E-state index contributed by atoms with van der Waals surface area (Å²) in [5.74, 6) is -3.17. The molecule has 3 N–H and O–H groups in total. The Morgan fingerprint density at radius 2 is 0.778 bits per heavy atom. The van der Waals surface area contributed by atoms with Crippen LogP contribution in [0.4, 0.5) is 0 Å². The zero-order valence-corrected chi connectivity index (χ0v) is 51.3. The van der Waals surface area contributed by atoms with Gasteiger partial charge in [0.05, 0.1) is 6.61 Å². The third-order valence-corrected chi connectivity index (χ3v) is 14.4. The van der Waals surface area contributed by atoms with Gasteiger partial charge in [0, 0.05) is 19.3 Å². The number of carbonyl (C=O) groups is 4. The summed E-state index contributed by atoms with van der Waals surface area (Å²) in [4.78, 5) is 51.3. The fourth-order valence-corrected chi connectivity index (χ4v) is 9.44. The Labute approximate surface area is 492 Å². The number of ether oxygens (including phenoxy) is 5. The van der Waals surface area contributed by atoms with Gasteiger partial charge in [-0.2, -0.15) is 0 Å². The van der Waals surface area contributed by atoms with Crippen LogP contribution in [0, 0.1) is 0 Å². The molecule has 0 aliphatic carbocycles. The normalized spacial score (nSPS) is 18.3. The summed E-state index contributed by atoms with van der Waals surface area (Å²) in [5, 5.41) is 31.6. The predicted octanol–water partition coefficient (Wildman–Crippen LogP) is 17.5. The molecular formula is C69H116O12. The third-order valence-electron chi connectivity index (χ3n) is 14.4. The van der Waals surface area contributed by atoms with Crippen LogP contribution in [0.15, 0.2) is 85.1 Å². The first-order chi connectivity index (χ1) is 39.6. The van der Waals surface area contributed by atoms with E-state index < -0.39 is 67.3 Å². The number of aliphatic hydroxyl groups is 2. The van der Waals surface area contributed by atoms with E-state index in [4.69, 9.17) is 23.7 Å². The van der Waals surface area contributed by atoms with Gasteiger partial charge in [-0.3, -0.25) is 14.4 Å². The van der Waals surface area contributed by atoms with Gasteiger partial charge in [-0.15, -0.1) is 0 Å². The molecule has 6 atom stereocenters. The highest BCUT2D eigenvalue weighted by atomic mass is 16.7. The number of carbonyl (C=O) groups excluding carboxylic acids is 3. The van der Waals surface area contributed by atoms with Gasteiger partial charge in [-0.1, -0.05) is 228 Å². The lowest BCUT2D eigenvalue weighted by Crippen LogP contribution is -2.61. The van der Waals surface area contributed by atoms with Gasteiger partial charge < -0.3 is 39.0 Å². The molecular weight excluding hydrogens is 1020 g/mol. The van der Waals surface area contributed by atoms with Crippen molar-refractivity contribution >= 4 is 23.9 Å². The third kappa shape index (κ3) is 46.0. The molecule has 1 aliphatic rings. The minimum Gasteiger partial charge on any atom is -0.479 e. The van der Waals surface area contributed by atoms with Gasteiger partial charge in [-0.25, -0.2) is 4.79 Å². The summed E-state index contributed by atoms with van der Waals surface area (Å²) in [6.07, 6.45) is 61.1. The first-order valence-electron chi connectivity index (χ1n) is 32.6. The molecule has 0 aromatic rings. The standard InChI is InChI=1S/C69H116O12/c1-4-7-10-13-16-19-22-25-28-30-31-33-35-37-40-43-46-49-52-55-61(70)77-58-60(79-62(71)56-53-50-47-44-41-39-36-32-29-26-23-20-17-14-11-8-5-2)59-78-69-67(65(74)64(73)66(81-69)68(75)76)80-63(72)57-54-51-48-45-42-38-34-27-24-21-18-15-12-9-6-3/h8,11,17-18,20-21,25-29,34,36,39,60,64-67,69,73-74H,4-7,9-10,12-16,19,22-24,30-33,35,37-38,40-59H2,1-3H3,(H,75,76)/b11-8-,20-17-,21-18-,28-25-,29-26-,34-27-,39-36-. The summed E-state index contributed by atoms with van der Waals surface area (Å²) >= 11 is 0. The molecule has 1 fully saturated rings. The van der Waals surface area contributed by atoms with Crippen LogP contribution < -0.4 is 0 Å². The fourth-order valence-electron chi connectivity index (χ4n) is 9.44. The van der Waals surface area contributed by atoms with Gasteiger partial charge in [0.25, 0.3) is 0 Å². The van der Waals surface area contributed by atoms with Gasteiger partial charge >= 0.3 is 23.9 Å². The van der Waals surface area contributed by atoms with Crippen LogP contribution in [0.5, 0.6) is 0 Å². The molecule has 1 rings (SSSR count). The van der Waals surface area contributed by atoms with E-state index in [1.807, 2.05) is 0 Å². The van der Waals surface area contributed by atoms with Gasteiger partial charge in [0.15, 0.2) is 24.6 Å². The van der Waals surface area contributed by atoms with Crippen molar-refractivity contribution in [3.63, 3.8) is 0 Å². The van der Waals surface area contributed by atoms with Crippen molar-refractivity contribution in [2.24, 2.45) is 0 Å². The largest absolute Gasteiger partial charge is 0.479 e. The summed E-state index contributed by atoms with van der Waals surface area (Å²) in [6, 6.07) is 0. The summed E-state index contributed by atoms with van der Waals surface area (Å²) in [6.45, 7) is 5.85. The second-order valence-corrected chi connectivity index (χ2v) is 22.0. The predicted molar refractivity (Wildman–Crippen MR) is 331 cm³/mol. The van der Waals surface area contributed by atoms with Crippen LogP contribution in [0.3, 0.4) is 0 Å². The number of carboxylic acids is 1. The summed E-state index contributed by atoms with van der Waals surface area (Å²) in [5.41, 5.74) is 0. The van der Waals surface area contributed by atoms with Crippen molar-refractivity contribution in [2.45, 2.75) is 314 Å². The fraction of sp³-hybridized carbons (Fsp3) is 0.739. The number of hydrogen-bond donors (Lipinski definition) is 3. The minimum atomic E-state index is -1.92. The smallest absolute Gasteiger partial charge is 0.335 e. The van der Waals surface area contributed by atoms with Gasteiger partial charge in [0.1, 0.15) is 18.8 Å². The quantitative estimate of drug-likeness (QED) is 0.0228. The minimum absolute atomic E-state index is 0.0389. The SMILES string of the molecule is CC/C=C\C/C=C\C/C=C\C/C=C\CCCCCCC(=O)OC(COC(=O)CCCCCCCCCCC/C=C\CCCCCCCC)COC1OC(C(=O)O)C(O)C(O)C1OC(=O)CCCCCCC/C=C\C/C=C\CCCCC. The average molecular weight is 1140 g/mol. The number of carboxylic acid groups (broad SMARTS) is 1. The molecule has 1 aliphatic heterocycles. The number of aliphatic carboxylic acids is 1. The zero-order chi connectivity index (χ0) is 58.9. The van der Waals surface area contributed by atoms with E-state index in [1.54, 1.807) is 0 Å². The Balaban J connectivity index is 2.68. The van der Waals surface area contributed by atoms with Crippen LogP contribution >= 0.6 is 0 Å². The van der Waals surface area contributed by atoms with E-state index in [0.717, 1.165) is 116 Å². The van der Waals surface area contributed by atoms with Crippen LogP contribution in [-0.4, -0.2) is 89.2 Å². The second-order valence-electron chi connectivity index (χ2n) is 22.0. The van der Waals surface area contributed by atoms with E-state index >= 15 is 0 Å². The highest BCUT2D eigenvalue weighted by Crippen LogP contribution is 2.26. The molecule has 12 nitrogen and oxygen atoms in total. The Morgan fingerprint density at radius 1 is 0.420 bits per heavy atom. The van der Waals surface area contributed by atoms with Crippen LogP contribution in [0.2, 0.25) is 0 Å². The number of unbranched alkanes of at least 4 members (excludes halogenated alkanes) is 27. The van der Waals surface area contributed by atoms with E-state index in [9.17, 15) is 34.5 Å². The van der Waals surface area contributed by atoms with Crippen LogP contribution in [0.1, 0.15) is 278 Å². The maximum atomic E-state index is 13.2. The molecule has 464 valence electrons. The molecule has 0 aromatic heterocycles. The molecule has 12 heteroatoms. The molecule has 1 heterocycles. The Morgan fingerprint density at radius 3 is 1.22 bits per heavy atom. The first-order valence-corrected chi connectivity index (χ1v) is 32.6. The van der Waals surface area contributed by atoms with Crippen molar-refractivity contribution in [1.82, 2.24) is 0 Å². The van der Waals surface area contributed by atoms with Crippen LogP contribution in [0.25, 0.3) is 0 Å². The molecule has 0 spiro atoms. The zero-order valence-electron chi connectivity index (χ0n) is 51.3.